The van der Waals surface area contributed by atoms with Crippen molar-refractivity contribution in [2.45, 2.75) is 25.7 Å². The molecule has 4 nitrogen and oxygen atoms in total. The third-order valence-electron chi connectivity index (χ3n) is 3.62. The molecular formula is C20H22N2O2. The molecule has 0 heterocycles. The highest BCUT2D eigenvalue weighted by molar-refractivity contribution is 5.77. The molecule has 0 aliphatic carbocycles. The molecule has 0 fully saturated rings. The number of hydrogen-bond acceptors (Lipinski definition) is 3. The number of benzene rings is 2. The van der Waals surface area contributed by atoms with Gasteiger partial charge in [0.15, 0.2) is 0 Å². The summed E-state index contributed by atoms with van der Waals surface area (Å²) in [6.45, 7) is 1.23. The number of carbonyl (C=O) groups excluding carboxylic acids is 1. The van der Waals surface area contributed by atoms with Crippen molar-refractivity contribution in [3.63, 3.8) is 0 Å². The molecule has 1 amide bonds. The molecule has 0 saturated carbocycles. The molecule has 0 radical (unpaired) electrons. The molecule has 0 atom stereocenters. The van der Waals surface area contributed by atoms with E-state index >= 15 is 0 Å². The fraction of sp³-hybridized carbons (Fsp3) is 0.300. The van der Waals surface area contributed by atoms with Crippen molar-refractivity contribution in [1.29, 1.82) is 5.26 Å². The number of nitriles is 1. The number of nitrogens with one attached hydrogen (secondary N) is 1. The van der Waals surface area contributed by atoms with Crippen LogP contribution in [0, 0.1) is 11.3 Å². The van der Waals surface area contributed by atoms with Gasteiger partial charge in [-0.15, -0.1) is 0 Å². The van der Waals surface area contributed by atoms with Crippen molar-refractivity contribution in [2.75, 3.05) is 13.2 Å². The minimum Gasteiger partial charge on any atom is -0.494 e. The van der Waals surface area contributed by atoms with Crippen LogP contribution in [0.2, 0.25) is 0 Å². The largest absolute Gasteiger partial charge is 0.494 e. The van der Waals surface area contributed by atoms with Crippen LogP contribution in [0.15, 0.2) is 54.6 Å². The van der Waals surface area contributed by atoms with Gasteiger partial charge in [0.2, 0.25) is 5.91 Å². The Morgan fingerprint density at radius 2 is 1.71 bits per heavy atom. The topological polar surface area (TPSA) is 62.1 Å². The van der Waals surface area contributed by atoms with E-state index in [0.717, 1.165) is 30.6 Å². The second-order valence-corrected chi connectivity index (χ2v) is 5.52. The zero-order valence-corrected chi connectivity index (χ0v) is 13.7. The Balaban J connectivity index is 1.64. The Hall–Kier alpha value is -2.80. The van der Waals surface area contributed by atoms with Crippen LogP contribution in [0.3, 0.4) is 0 Å². The Morgan fingerprint density at radius 1 is 1.00 bits per heavy atom. The second kappa shape index (κ2) is 10.1. The fourth-order valence-corrected chi connectivity index (χ4v) is 2.34. The molecule has 0 bridgehead atoms. The van der Waals surface area contributed by atoms with Gasteiger partial charge in [0.25, 0.3) is 0 Å². The molecule has 0 aromatic heterocycles. The molecule has 0 unspecified atom stereocenters. The van der Waals surface area contributed by atoms with Crippen molar-refractivity contribution >= 4 is 5.91 Å². The summed E-state index contributed by atoms with van der Waals surface area (Å²) in [5, 5.41) is 11.1. The Morgan fingerprint density at radius 3 is 2.42 bits per heavy atom. The molecule has 0 saturated heterocycles. The van der Waals surface area contributed by atoms with Crippen molar-refractivity contribution in [1.82, 2.24) is 5.32 Å². The van der Waals surface area contributed by atoms with E-state index in [1.54, 1.807) is 0 Å². The van der Waals surface area contributed by atoms with Gasteiger partial charge in [-0.1, -0.05) is 42.5 Å². The normalized spacial score (nSPS) is 9.96. The SMILES string of the molecule is N#CCC(=O)NCCc1ccc(OCCCc2ccccc2)cc1. The van der Waals surface area contributed by atoms with E-state index in [-0.39, 0.29) is 12.3 Å². The van der Waals surface area contributed by atoms with E-state index in [1.807, 2.05) is 36.4 Å². The summed E-state index contributed by atoms with van der Waals surface area (Å²) in [6.07, 6.45) is 2.65. The lowest BCUT2D eigenvalue weighted by Crippen LogP contribution is -2.24. The molecule has 0 aliphatic rings. The lowest BCUT2D eigenvalue weighted by molar-refractivity contribution is -0.120. The van der Waals surface area contributed by atoms with Gasteiger partial charge in [-0.05, 0) is 42.5 Å². The summed E-state index contributed by atoms with van der Waals surface area (Å²) in [5.74, 6) is 0.635. The summed E-state index contributed by atoms with van der Waals surface area (Å²) in [6, 6.07) is 20.1. The minimum atomic E-state index is -0.226. The van der Waals surface area contributed by atoms with Crippen molar-refractivity contribution in [3.05, 3.63) is 65.7 Å². The van der Waals surface area contributed by atoms with E-state index in [0.29, 0.717) is 13.2 Å². The van der Waals surface area contributed by atoms with Crippen molar-refractivity contribution in [2.24, 2.45) is 0 Å². The van der Waals surface area contributed by atoms with Gasteiger partial charge in [-0.3, -0.25) is 4.79 Å². The van der Waals surface area contributed by atoms with Crippen LogP contribution in [-0.4, -0.2) is 19.1 Å². The van der Waals surface area contributed by atoms with E-state index in [1.165, 1.54) is 5.56 Å². The molecule has 1 N–H and O–H groups in total. The highest BCUT2D eigenvalue weighted by atomic mass is 16.5. The molecule has 2 aromatic carbocycles. The van der Waals surface area contributed by atoms with Gasteiger partial charge in [0.1, 0.15) is 12.2 Å². The Labute approximate surface area is 143 Å². The first-order valence-corrected chi connectivity index (χ1v) is 8.17. The summed E-state index contributed by atoms with van der Waals surface area (Å²) < 4.78 is 5.75. The molecule has 2 rings (SSSR count). The van der Waals surface area contributed by atoms with E-state index < -0.39 is 0 Å². The number of rotatable bonds is 9. The van der Waals surface area contributed by atoms with Gasteiger partial charge < -0.3 is 10.1 Å². The molecule has 0 aliphatic heterocycles. The molecule has 4 heteroatoms. The van der Waals surface area contributed by atoms with Gasteiger partial charge in [0.05, 0.1) is 12.7 Å². The Bertz CT molecular complexity index is 660. The van der Waals surface area contributed by atoms with E-state index in [9.17, 15) is 4.79 Å². The van der Waals surface area contributed by atoms with Crippen molar-refractivity contribution in [3.8, 4) is 11.8 Å². The van der Waals surface area contributed by atoms with Crippen LogP contribution in [0.4, 0.5) is 0 Å². The summed E-state index contributed by atoms with van der Waals surface area (Å²) in [4.78, 5) is 11.2. The first-order valence-electron chi connectivity index (χ1n) is 8.17. The average molecular weight is 322 g/mol. The lowest BCUT2D eigenvalue weighted by Gasteiger charge is -2.08. The van der Waals surface area contributed by atoms with Gasteiger partial charge in [-0.25, -0.2) is 0 Å². The first kappa shape index (κ1) is 17.6. The smallest absolute Gasteiger partial charge is 0.234 e. The predicted molar refractivity (Wildman–Crippen MR) is 93.6 cm³/mol. The maximum atomic E-state index is 11.2. The van der Waals surface area contributed by atoms with E-state index in [2.05, 4.69) is 29.6 Å². The number of amides is 1. The predicted octanol–water partition coefficient (Wildman–Crippen LogP) is 3.27. The number of carbonyl (C=O) groups is 1. The summed E-state index contributed by atoms with van der Waals surface area (Å²) in [5.41, 5.74) is 2.46. The standard InChI is InChI=1S/C20H22N2O2/c21-14-12-20(23)22-15-13-18-8-10-19(11-9-18)24-16-4-7-17-5-2-1-3-6-17/h1-3,5-6,8-11H,4,7,12-13,15-16H2,(H,22,23). The number of aryl methyl sites for hydroxylation is 1. The number of nitrogens with zero attached hydrogens (tertiary/aromatic N) is 1. The number of ether oxygens (including phenoxy) is 1. The highest BCUT2D eigenvalue weighted by Gasteiger charge is 2.00. The third kappa shape index (κ3) is 6.53. The maximum Gasteiger partial charge on any atom is 0.234 e. The number of hydrogen-bond donors (Lipinski definition) is 1. The summed E-state index contributed by atoms with van der Waals surface area (Å²) >= 11 is 0. The van der Waals surface area contributed by atoms with Gasteiger partial charge >= 0.3 is 0 Å². The van der Waals surface area contributed by atoms with Crippen LogP contribution >= 0.6 is 0 Å². The van der Waals surface area contributed by atoms with Crippen LogP contribution < -0.4 is 10.1 Å². The van der Waals surface area contributed by atoms with Crippen LogP contribution in [0.1, 0.15) is 24.0 Å². The van der Waals surface area contributed by atoms with Gasteiger partial charge in [-0.2, -0.15) is 5.26 Å². The molecule has 24 heavy (non-hydrogen) atoms. The van der Waals surface area contributed by atoms with E-state index in [4.69, 9.17) is 10.00 Å². The zero-order chi connectivity index (χ0) is 17.0. The lowest BCUT2D eigenvalue weighted by atomic mass is 10.1. The zero-order valence-electron chi connectivity index (χ0n) is 13.7. The molecule has 0 spiro atoms. The Kier molecular flexibility index (Phi) is 7.36. The quantitative estimate of drug-likeness (QED) is 0.721. The third-order valence-corrected chi connectivity index (χ3v) is 3.62. The van der Waals surface area contributed by atoms with Crippen LogP contribution in [0.5, 0.6) is 5.75 Å². The average Bonchev–Trinajstić information content (AvgIpc) is 2.61. The molecule has 2 aromatic rings. The highest BCUT2D eigenvalue weighted by Crippen LogP contribution is 2.13. The minimum absolute atomic E-state index is 0.0875. The monoisotopic (exact) mass is 322 g/mol. The fourth-order valence-electron chi connectivity index (χ4n) is 2.34. The maximum absolute atomic E-state index is 11.2. The van der Waals surface area contributed by atoms with Crippen LogP contribution in [0.25, 0.3) is 0 Å². The second-order valence-electron chi connectivity index (χ2n) is 5.52. The van der Waals surface area contributed by atoms with Gasteiger partial charge in [0, 0.05) is 6.54 Å². The summed E-state index contributed by atoms with van der Waals surface area (Å²) in [7, 11) is 0. The molecule has 124 valence electrons. The van der Waals surface area contributed by atoms with Crippen LogP contribution in [-0.2, 0) is 17.6 Å². The van der Waals surface area contributed by atoms with Crippen molar-refractivity contribution < 1.29 is 9.53 Å². The molecular weight excluding hydrogens is 300 g/mol. The first-order chi connectivity index (χ1) is 11.8.